The molecule has 1 atom stereocenters. The van der Waals surface area contributed by atoms with Crippen molar-refractivity contribution in [1.29, 1.82) is 0 Å². The van der Waals surface area contributed by atoms with Crippen LogP contribution >= 0.6 is 11.6 Å². The SMILES string of the molecule is COC(=O)c1[nH]c2c(c1C)C(=O)C[C@H](c1ccc(Cl)cc1)C2. The van der Waals surface area contributed by atoms with Crippen LogP contribution in [0.3, 0.4) is 0 Å². The van der Waals surface area contributed by atoms with Crippen molar-refractivity contribution in [3.63, 3.8) is 0 Å². The molecule has 5 heteroatoms. The Morgan fingerprint density at radius 2 is 1.95 bits per heavy atom. The third-order valence-corrected chi connectivity index (χ3v) is 4.47. The van der Waals surface area contributed by atoms with E-state index in [1.54, 1.807) is 6.92 Å². The highest BCUT2D eigenvalue weighted by molar-refractivity contribution is 6.30. The van der Waals surface area contributed by atoms with Gasteiger partial charge in [-0.2, -0.15) is 0 Å². The Hall–Kier alpha value is -2.07. The summed E-state index contributed by atoms with van der Waals surface area (Å²) in [5.74, 6) is -0.284. The zero-order valence-electron chi connectivity index (χ0n) is 12.4. The van der Waals surface area contributed by atoms with Crippen LogP contribution in [0.2, 0.25) is 5.02 Å². The summed E-state index contributed by atoms with van der Waals surface area (Å²) < 4.78 is 4.76. The van der Waals surface area contributed by atoms with Crippen molar-refractivity contribution >= 4 is 23.4 Å². The molecule has 0 spiro atoms. The number of aromatic amines is 1. The van der Waals surface area contributed by atoms with Crippen LogP contribution in [0.25, 0.3) is 0 Å². The summed E-state index contributed by atoms with van der Waals surface area (Å²) in [6.07, 6.45) is 1.13. The lowest BCUT2D eigenvalue weighted by Crippen LogP contribution is -2.18. The summed E-state index contributed by atoms with van der Waals surface area (Å²) >= 11 is 5.91. The van der Waals surface area contributed by atoms with Gasteiger partial charge in [0.2, 0.25) is 0 Å². The van der Waals surface area contributed by atoms with E-state index in [0.717, 1.165) is 11.3 Å². The molecule has 2 aromatic rings. The number of hydrogen-bond donors (Lipinski definition) is 1. The third kappa shape index (κ3) is 2.44. The first kappa shape index (κ1) is 14.9. The fourth-order valence-corrected chi connectivity index (χ4v) is 3.24. The van der Waals surface area contributed by atoms with Gasteiger partial charge in [0.25, 0.3) is 0 Å². The number of rotatable bonds is 2. The van der Waals surface area contributed by atoms with Gasteiger partial charge in [-0.05, 0) is 42.5 Å². The molecule has 1 heterocycles. The first-order valence-electron chi connectivity index (χ1n) is 7.09. The standard InChI is InChI=1S/C17H16ClNO3/c1-9-15-13(19-16(9)17(21)22-2)7-11(8-14(15)20)10-3-5-12(18)6-4-10/h3-6,11,19H,7-8H2,1-2H3/t11-/m1/s1. The maximum atomic E-state index is 12.5. The number of nitrogens with one attached hydrogen (secondary N) is 1. The van der Waals surface area contributed by atoms with Crippen molar-refractivity contribution in [1.82, 2.24) is 4.98 Å². The largest absolute Gasteiger partial charge is 0.464 e. The number of ether oxygens (including phenoxy) is 1. The third-order valence-electron chi connectivity index (χ3n) is 4.22. The van der Waals surface area contributed by atoms with Crippen LogP contribution in [0.15, 0.2) is 24.3 Å². The normalized spacial score (nSPS) is 17.2. The van der Waals surface area contributed by atoms with Crippen LogP contribution in [-0.2, 0) is 11.2 Å². The Labute approximate surface area is 133 Å². The molecule has 3 rings (SSSR count). The first-order valence-corrected chi connectivity index (χ1v) is 7.47. The number of methoxy groups -OCH3 is 1. The number of esters is 1. The van der Waals surface area contributed by atoms with Crippen molar-refractivity contribution in [2.24, 2.45) is 0 Å². The van der Waals surface area contributed by atoms with Crippen LogP contribution in [-0.4, -0.2) is 23.8 Å². The van der Waals surface area contributed by atoms with Gasteiger partial charge >= 0.3 is 5.97 Å². The molecule has 1 aromatic heterocycles. The Morgan fingerprint density at radius 1 is 1.27 bits per heavy atom. The number of carbonyl (C=O) groups is 2. The van der Waals surface area contributed by atoms with Gasteiger partial charge in [0, 0.05) is 22.7 Å². The zero-order chi connectivity index (χ0) is 15.9. The van der Waals surface area contributed by atoms with Gasteiger partial charge in [-0.1, -0.05) is 23.7 Å². The van der Waals surface area contributed by atoms with Crippen LogP contribution in [0.5, 0.6) is 0 Å². The lowest BCUT2D eigenvalue weighted by Gasteiger charge is -2.22. The minimum absolute atomic E-state index is 0.0603. The fraction of sp³-hybridized carbons (Fsp3) is 0.294. The highest BCUT2D eigenvalue weighted by Crippen LogP contribution is 2.35. The quantitative estimate of drug-likeness (QED) is 0.860. The molecule has 1 aliphatic rings. The van der Waals surface area contributed by atoms with E-state index in [-0.39, 0.29) is 11.7 Å². The number of ketones is 1. The van der Waals surface area contributed by atoms with E-state index < -0.39 is 5.97 Å². The summed E-state index contributed by atoms with van der Waals surface area (Å²) in [5, 5.41) is 0.676. The van der Waals surface area contributed by atoms with Crippen molar-refractivity contribution in [3.8, 4) is 0 Å². The smallest absolute Gasteiger partial charge is 0.354 e. The van der Waals surface area contributed by atoms with Crippen LogP contribution < -0.4 is 0 Å². The molecule has 0 bridgehead atoms. The van der Waals surface area contributed by atoms with Crippen LogP contribution in [0, 0.1) is 6.92 Å². The molecule has 0 fully saturated rings. The number of benzene rings is 1. The summed E-state index contributed by atoms with van der Waals surface area (Å²) in [7, 11) is 1.33. The molecule has 0 saturated heterocycles. The van der Waals surface area contributed by atoms with Gasteiger partial charge in [-0.3, -0.25) is 4.79 Å². The van der Waals surface area contributed by atoms with Crippen molar-refractivity contribution in [3.05, 3.63) is 57.4 Å². The van der Waals surface area contributed by atoms with Crippen molar-refractivity contribution < 1.29 is 14.3 Å². The lowest BCUT2D eigenvalue weighted by atomic mass is 9.81. The minimum Gasteiger partial charge on any atom is -0.464 e. The Morgan fingerprint density at radius 3 is 2.59 bits per heavy atom. The molecule has 0 unspecified atom stereocenters. The molecular formula is C17H16ClNO3. The Kier molecular flexibility index (Phi) is 3.79. The summed E-state index contributed by atoms with van der Waals surface area (Å²) in [5.41, 5.74) is 3.59. The molecule has 114 valence electrons. The average Bonchev–Trinajstić information content (AvgIpc) is 2.84. The molecule has 0 radical (unpaired) electrons. The highest BCUT2D eigenvalue weighted by atomic mass is 35.5. The number of halogens is 1. The lowest BCUT2D eigenvalue weighted by molar-refractivity contribution is 0.0593. The second-order valence-corrected chi connectivity index (χ2v) is 5.99. The number of H-pyrrole nitrogens is 1. The number of fused-ring (bicyclic) bond motifs is 1. The molecule has 0 saturated carbocycles. The summed E-state index contributed by atoms with van der Waals surface area (Å²) in [6.45, 7) is 1.78. The Balaban J connectivity index is 1.97. The van der Waals surface area contributed by atoms with Crippen LogP contribution in [0.4, 0.5) is 0 Å². The van der Waals surface area contributed by atoms with E-state index in [1.165, 1.54) is 7.11 Å². The maximum Gasteiger partial charge on any atom is 0.354 e. The second kappa shape index (κ2) is 5.61. The Bertz CT molecular complexity index is 746. The topological polar surface area (TPSA) is 59.2 Å². The molecule has 1 N–H and O–H groups in total. The van der Waals surface area contributed by atoms with Gasteiger partial charge in [0.1, 0.15) is 5.69 Å². The molecule has 22 heavy (non-hydrogen) atoms. The van der Waals surface area contributed by atoms with Gasteiger partial charge in [-0.15, -0.1) is 0 Å². The van der Waals surface area contributed by atoms with E-state index in [9.17, 15) is 9.59 Å². The highest BCUT2D eigenvalue weighted by Gasteiger charge is 2.32. The number of aromatic nitrogens is 1. The molecule has 0 amide bonds. The van der Waals surface area contributed by atoms with E-state index in [0.29, 0.717) is 34.7 Å². The maximum absolute atomic E-state index is 12.5. The summed E-state index contributed by atoms with van der Waals surface area (Å²) in [6, 6.07) is 7.55. The molecule has 1 aliphatic carbocycles. The van der Waals surface area contributed by atoms with E-state index >= 15 is 0 Å². The predicted octanol–water partition coefficient (Wildman–Crippen LogP) is 3.68. The van der Waals surface area contributed by atoms with Gasteiger partial charge in [-0.25, -0.2) is 4.79 Å². The number of Topliss-reactive ketones (excluding diaryl/α,β-unsaturated/α-hetero) is 1. The van der Waals surface area contributed by atoms with E-state index in [1.807, 2.05) is 24.3 Å². The van der Waals surface area contributed by atoms with Crippen LogP contribution in [0.1, 0.15) is 50.0 Å². The average molecular weight is 318 g/mol. The monoisotopic (exact) mass is 317 g/mol. The van der Waals surface area contributed by atoms with Gasteiger partial charge in [0.15, 0.2) is 5.78 Å². The van der Waals surface area contributed by atoms with E-state index in [4.69, 9.17) is 16.3 Å². The first-order chi connectivity index (χ1) is 10.5. The number of carbonyl (C=O) groups excluding carboxylic acids is 2. The van der Waals surface area contributed by atoms with Gasteiger partial charge in [0.05, 0.1) is 7.11 Å². The molecular weight excluding hydrogens is 302 g/mol. The fourth-order valence-electron chi connectivity index (χ4n) is 3.11. The zero-order valence-corrected chi connectivity index (χ0v) is 13.2. The minimum atomic E-state index is -0.442. The molecule has 0 aliphatic heterocycles. The van der Waals surface area contributed by atoms with Gasteiger partial charge < -0.3 is 9.72 Å². The van der Waals surface area contributed by atoms with Crippen molar-refractivity contribution in [2.75, 3.05) is 7.11 Å². The second-order valence-electron chi connectivity index (χ2n) is 5.55. The van der Waals surface area contributed by atoms with E-state index in [2.05, 4.69) is 4.98 Å². The van der Waals surface area contributed by atoms with Crippen molar-refractivity contribution in [2.45, 2.75) is 25.7 Å². The molecule has 1 aromatic carbocycles. The predicted molar refractivity (Wildman–Crippen MR) is 83.7 cm³/mol. The molecule has 4 nitrogen and oxygen atoms in total. The summed E-state index contributed by atoms with van der Waals surface area (Å²) in [4.78, 5) is 27.3. The number of hydrogen-bond acceptors (Lipinski definition) is 3.